The predicted molar refractivity (Wildman–Crippen MR) is 29.6 cm³/mol. The third-order valence-corrected chi connectivity index (χ3v) is 1.12. The first-order chi connectivity index (χ1) is 4.22. The topological polar surface area (TPSA) is 42.8 Å². The average Bonchev–Trinajstić information content (AvgIpc) is 2.13. The summed E-state index contributed by atoms with van der Waals surface area (Å²) in [6, 6.07) is 0. The van der Waals surface area contributed by atoms with Gasteiger partial charge in [0, 0.05) is 0 Å². The molecule has 0 fully saturated rings. The summed E-state index contributed by atoms with van der Waals surface area (Å²) in [4.78, 5) is 0. The fourth-order valence-electron chi connectivity index (χ4n) is 0.697. The van der Waals surface area contributed by atoms with Crippen LogP contribution in [0.4, 0.5) is 0 Å². The molecule has 0 radical (unpaired) electrons. The van der Waals surface area contributed by atoms with Gasteiger partial charge in [-0.25, -0.2) is 0 Å². The summed E-state index contributed by atoms with van der Waals surface area (Å²) in [6.07, 6.45) is 0. The van der Waals surface area contributed by atoms with Crippen LogP contribution in [-0.2, 0) is 7.05 Å². The van der Waals surface area contributed by atoms with Crippen LogP contribution in [0, 0.1) is 0 Å². The highest BCUT2D eigenvalue weighted by atomic mass is 16.5. The number of aromatic nitrogens is 3. The van der Waals surface area contributed by atoms with Crippen LogP contribution < -0.4 is 4.68 Å². The zero-order valence-electron chi connectivity index (χ0n) is 5.83. The Labute approximate surface area is 53.4 Å². The zero-order chi connectivity index (χ0) is 6.85. The molecular weight excluding hydrogens is 118 g/mol. The normalized spacial score (nSPS) is 10.7. The minimum Gasteiger partial charge on any atom is -0.195 e. The molecule has 1 rings (SSSR count). The van der Waals surface area contributed by atoms with E-state index in [1.54, 1.807) is 4.68 Å². The van der Waals surface area contributed by atoms with E-state index >= 15 is 0 Å². The highest BCUT2D eigenvalue weighted by molar-refractivity contribution is 4.71. The van der Waals surface area contributed by atoms with E-state index in [-0.39, 0.29) is 0 Å². The molecule has 0 aliphatic rings. The fraction of sp³-hybridized carbons (Fsp3) is 0.800. The molecule has 0 saturated heterocycles. The lowest BCUT2D eigenvalue weighted by atomic mass is 10.2. The van der Waals surface area contributed by atoms with Gasteiger partial charge in [0.1, 0.15) is 7.05 Å². The van der Waals surface area contributed by atoms with Crippen LogP contribution in [-0.4, -0.2) is 10.5 Å². The van der Waals surface area contributed by atoms with Crippen molar-refractivity contribution in [3.05, 3.63) is 5.89 Å². The fourth-order valence-corrected chi connectivity index (χ4v) is 0.697. The van der Waals surface area contributed by atoms with E-state index < -0.39 is 0 Å². The molecule has 0 bridgehead atoms. The van der Waals surface area contributed by atoms with E-state index in [0.717, 1.165) is 5.89 Å². The Morgan fingerprint density at radius 3 is 2.44 bits per heavy atom. The highest BCUT2D eigenvalue weighted by Gasteiger charge is 2.15. The van der Waals surface area contributed by atoms with Crippen molar-refractivity contribution in [3.63, 3.8) is 0 Å². The van der Waals surface area contributed by atoms with Crippen molar-refractivity contribution in [3.8, 4) is 0 Å². The SMILES string of the molecule is CC(C)c1onn[n+]1C. The molecule has 0 spiro atoms. The molecule has 4 heteroatoms. The van der Waals surface area contributed by atoms with Crippen LogP contribution in [0.2, 0.25) is 0 Å². The Morgan fingerprint density at radius 2 is 2.22 bits per heavy atom. The predicted octanol–water partition coefficient (Wildman–Crippen LogP) is 0.0175. The Hall–Kier alpha value is -0.930. The van der Waals surface area contributed by atoms with Gasteiger partial charge in [-0.15, -0.1) is 0 Å². The quantitative estimate of drug-likeness (QED) is 0.501. The van der Waals surface area contributed by atoms with Crippen molar-refractivity contribution in [2.45, 2.75) is 19.8 Å². The molecule has 9 heavy (non-hydrogen) atoms. The summed E-state index contributed by atoms with van der Waals surface area (Å²) in [7, 11) is 1.81. The lowest BCUT2D eigenvalue weighted by Gasteiger charge is -1.89. The number of nitrogens with zero attached hydrogens (tertiary/aromatic N) is 3. The minimum absolute atomic E-state index is 0.352. The summed E-state index contributed by atoms with van der Waals surface area (Å²) in [5.74, 6) is 1.15. The molecule has 50 valence electrons. The molecule has 0 aromatic carbocycles. The Kier molecular flexibility index (Phi) is 1.46. The van der Waals surface area contributed by atoms with Gasteiger partial charge in [0.05, 0.1) is 5.92 Å². The third-order valence-electron chi connectivity index (χ3n) is 1.12. The Bertz CT molecular complexity index is 194. The summed E-state index contributed by atoms with van der Waals surface area (Å²) in [5.41, 5.74) is 0. The first-order valence-electron chi connectivity index (χ1n) is 2.90. The summed E-state index contributed by atoms with van der Waals surface area (Å²) in [6.45, 7) is 4.06. The molecule has 1 heterocycles. The number of hydrogen-bond donors (Lipinski definition) is 0. The average molecular weight is 128 g/mol. The van der Waals surface area contributed by atoms with Crippen LogP contribution in [0.25, 0.3) is 0 Å². The molecule has 1 aromatic rings. The molecule has 0 saturated carbocycles. The smallest absolute Gasteiger partial charge is 0.195 e. The number of hydrogen-bond acceptors (Lipinski definition) is 3. The molecule has 0 unspecified atom stereocenters. The van der Waals surface area contributed by atoms with Gasteiger partial charge in [0.25, 0.3) is 5.27 Å². The third kappa shape index (κ3) is 1.06. The zero-order valence-corrected chi connectivity index (χ0v) is 5.83. The maximum atomic E-state index is 4.83. The van der Waals surface area contributed by atoms with Gasteiger partial charge in [-0.1, -0.05) is 18.5 Å². The van der Waals surface area contributed by atoms with Crippen molar-refractivity contribution < 1.29 is 9.20 Å². The van der Waals surface area contributed by atoms with E-state index in [1.807, 2.05) is 20.9 Å². The van der Waals surface area contributed by atoms with Crippen molar-refractivity contribution in [2.75, 3.05) is 0 Å². The van der Waals surface area contributed by atoms with Crippen LogP contribution in [0.5, 0.6) is 0 Å². The van der Waals surface area contributed by atoms with Crippen molar-refractivity contribution in [1.29, 1.82) is 0 Å². The summed E-state index contributed by atoms with van der Waals surface area (Å²) >= 11 is 0. The number of aryl methyl sites for hydroxylation is 1. The molecule has 0 aliphatic heterocycles. The standard InChI is InChI=1S/C5H10N3O/c1-4(2)5-8(3)6-7-9-5/h4H,1-3H3/q+1. The van der Waals surface area contributed by atoms with Gasteiger partial charge in [-0.05, 0) is 0 Å². The van der Waals surface area contributed by atoms with Gasteiger partial charge in [-0.2, -0.15) is 4.52 Å². The van der Waals surface area contributed by atoms with E-state index in [2.05, 4.69) is 10.5 Å². The summed E-state index contributed by atoms with van der Waals surface area (Å²) in [5, 5.41) is 7.02. The van der Waals surface area contributed by atoms with Gasteiger partial charge in [0.15, 0.2) is 5.21 Å². The lowest BCUT2D eigenvalue weighted by molar-refractivity contribution is -0.741. The maximum absolute atomic E-state index is 4.83. The van der Waals surface area contributed by atoms with E-state index in [1.165, 1.54) is 0 Å². The first-order valence-corrected chi connectivity index (χ1v) is 2.90. The second kappa shape index (κ2) is 2.13. The molecule has 0 N–H and O–H groups in total. The molecule has 0 atom stereocenters. The minimum atomic E-state index is 0.352. The largest absolute Gasteiger partial charge is 0.341 e. The van der Waals surface area contributed by atoms with Crippen molar-refractivity contribution in [1.82, 2.24) is 10.5 Å². The highest BCUT2D eigenvalue weighted by Crippen LogP contribution is 2.04. The van der Waals surface area contributed by atoms with Crippen LogP contribution >= 0.6 is 0 Å². The van der Waals surface area contributed by atoms with Crippen molar-refractivity contribution >= 4 is 0 Å². The van der Waals surface area contributed by atoms with Crippen LogP contribution in [0.3, 0.4) is 0 Å². The molecule has 1 aromatic heterocycles. The molecule has 0 aliphatic carbocycles. The molecular formula is C5H10N3O+. The van der Waals surface area contributed by atoms with Crippen LogP contribution in [0.1, 0.15) is 25.7 Å². The van der Waals surface area contributed by atoms with Gasteiger partial charge >= 0.3 is 5.89 Å². The molecule has 0 amide bonds. The lowest BCUT2D eigenvalue weighted by Crippen LogP contribution is -2.34. The monoisotopic (exact) mass is 128 g/mol. The van der Waals surface area contributed by atoms with E-state index in [9.17, 15) is 0 Å². The van der Waals surface area contributed by atoms with Crippen LogP contribution in [0.15, 0.2) is 4.52 Å². The first kappa shape index (κ1) is 6.19. The second-order valence-electron chi connectivity index (χ2n) is 2.28. The van der Waals surface area contributed by atoms with Gasteiger partial charge in [0.2, 0.25) is 0 Å². The Morgan fingerprint density at radius 1 is 1.56 bits per heavy atom. The Balaban J connectivity index is 2.94. The van der Waals surface area contributed by atoms with Gasteiger partial charge < -0.3 is 0 Å². The van der Waals surface area contributed by atoms with Gasteiger partial charge in [-0.3, -0.25) is 0 Å². The van der Waals surface area contributed by atoms with Crippen molar-refractivity contribution in [2.24, 2.45) is 7.05 Å². The summed E-state index contributed by atoms with van der Waals surface area (Å²) < 4.78 is 6.46. The van der Waals surface area contributed by atoms with E-state index in [4.69, 9.17) is 4.52 Å². The van der Waals surface area contributed by atoms with E-state index in [0.29, 0.717) is 5.92 Å². The maximum Gasteiger partial charge on any atom is 0.341 e. The number of rotatable bonds is 1. The molecule has 4 nitrogen and oxygen atoms in total. The second-order valence-corrected chi connectivity index (χ2v) is 2.28.